The van der Waals surface area contributed by atoms with Gasteiger partial charge in [-0.25, -0.2) is 4.98 Å². The Bertz CT molecular complexity index is 460. The highest BCUT2D eigenvalue weighted by Crippen LogP contribution is 2.26. The van der Waals surface area contributed by atoms with Crippen LogP contribution in [0, 0.1) is 0 Å². The Balaban J connectivity index is 1.69. The molecule has 1 aliphatic rings. The molecule has 3 heterocycles. The van der Waals surface area contributed by atoms with Crippen molar-refractivity contribution in [3.05, 3.63) is 27.9 Å². The number of thiophene rings is 1. The van der Waals surface area contributed by atoms with E-state index in [1.807, 2.05) is 0 Å². The van der Waals surface area contributed by atoms with Gasteiger partial charge >= 0.3 is 0 Å². The number of aromatic nitrogens is 1. The third-order valence-electron chi connectivity index (χ3n) is 2.64. The van der Waals surface area contributed by atoms with Gasteiger partial charge in [0.15, 0.2) is 0 Å². The van der Waals surface area contributed by atoms with Crippen LogP contribution in [0.3, 0.4) is 0 Å². The standard InChI is InChI=1S/C11H12N2OS2/c14-10-4-13(5-10)3-9-7-16-11(12-9)8-1-2-15-6-8/h1-2,6-7,10,14H,3-5H2. The molecule has 0 unspecified atom stereocenters. The summed E-state index contributed by atoms with van der Waals surface area (Å²) >= 11 is 3.39. The fourth-order valence-corrected chi connectivity index (χ4v) is 3.32. The quantitative estimate of drug-likeness (QED) is 0.908. The van der Waals surface area contributed by atoms with Gasteiger partial charge < -0.3 is 5.11 Å². The van der Waals surface area contributed by atoms with Crippen LogP contribution in [0.4, 0.5) is 0 Å². The van der Waals surface area contributed by atoms with Crippen molar-refractivity contribution in [2.24, 2.45) is 0 Å². The molecule has 0 atom stereocenters. The van der Waals surface area contributed by atoms with Crippen molar-refractivity contribution in [3.63, 3.8) is 0 Å². The molecular weight excluding hydrogens is 240 g/mol. The SMILES string of the molecule is OC1CN(Cc2csc(-c3ccsc3)n2)C1. The van der Waals surface area contributed by atoms with Crippen molar-refractivity contribution in [1.29, 1.82) is 0 Å². The Labute approximate surface area is 102 Å². The first-order valence-corrected chi connectivity index (χ1v) is 7.01. The summed E-state index contributed by atoms with van der Waals surface area (Å²) in [5.74, 6) is 0. The largest absolute Gasteiger partial charge is 0.390 e. The number of aliphatic hydroxyl groups excluding tert-OH is 1. The predicted molar refractivity (Wildman–Crippen MR) is 66.7 cm³/mol. The third-order valence-corrected chi connectivity index (χ3v) is 4.27. The molecule has 3 rings (SSSR count). The maximum Gasteiger partial charge on any atom is 0.124 e. The van der Waals surface area contributed by atoms with Gasteiger partial charge in [0.25, 0.3) is 0 Å². The number of nitrogens with zero attached hydrogens (tertiary/aromatic N) is 2. The third kappa shape index (κ3) is 2.04. The van der Waals surface area contributed by atoms with Crippen molar-refractivity contribution < 1.29 is 5.11 Å². The van der Waals surface area contributed by atoms with E-state index in [0.717, 1.165) is 30.3 Å². The van der Waals surface area contributed by atoms with Crippen LogP contribution < -0.4 is 0 Å². The maximum absolute atomic E-state index is 9.19. The fraction of sp³-hybridized carbons (Fsp3) is 0.364. The molecule has 1 saturated heterocycles. The van der Waals surface area contributed by atoms with E-state index in [-0.39, 0.29) is 6.10 Å². The summed E-state index contributed by atoms with van der Waals surface area (Å²) in [7, 11) is 0. The normalized spacial score (nSPS) is 17.6. The van der Waals surface area contributed by atoms with Crippen LogP contribution in [0.5, 0.6) is 0 Å². The smallest absolute Gasteiger partial charge is 0.124 e. The van der Waals surface area contributed by atoms with Crippen LogP contribution in [0.2, 0.25) is 0 Å². The Morgan fingerprint density at radius 1 is 1.44 bits per heavy atom. The number of thiazole rings is 1. The lowest BCUT2D eigenvalue weighted by Gasteiger charge is -2.35. The number of hydrogen-bond acceptors (Lipinski definition) is 5. The average molecular weight is 252 g/mol. The number of rotatable bonds is 3. The first-order chi connectivity index (χ1) is 7.81. The molecule has 0 bridgehead atoms. The molecule has 1 N–H and O–H groups in total. The first-order valence-electron chi connectivity index (χ1n) is 5.18. The van der Waals surface area contributed by atoms with Crippen LogP contribution in [0.15, 0.2) is 22.2 Å². The van der Waals surface area contributed by atoms with Crippen LogP contribution in [0.25, 0.3) is 10.6 Å². The van der Waals surface area contributed by atoms with Crippen molar-refractivity contribution in [1.82, 2.24) is 9.88 Å². The Morgan fingerprint density at radius 2 is 2.31 bits per heavy atom. The van der Waals surface area contributed by atoms with Gasteiger partial charge in [-0.1, -0.05) is 0 Å². The molecule has 2 aromatic rings. The molecule has 0 aromatic carbocycles. The monoisotopic (exact) mass is 252 g/mol. The Kier molecular flexibility index (Phi) is 2.77. The Hall–Kier alpha value is -0.750. The second kappa shape index (κ2) is 4.25. The maximum atomic E-state index is 9.19. The van der Waals surface area contributed by atoms with Gasteiger partial charge in [-0.2, -0.15) is 11.3 Å². The summed E-state index contributed by atoms with van der Waals surface area (Å²) in [6.07, 6.45) is -0.130. The molecule has 1 fully saturated rings. The van der Waals surface area contributed by atoms with Gasteiger partial charge in [0.05, 0.1) is 11.8 Å². The molecule has 0 saturated carbocycles. The van der Waals surface area contributed by atoms with E-state index >= 15 is 0 Å². The van der Waals surface area contributed by atoms with Crippen LogP contribution in [-0.4, -0.2) is 34.2 Å². The zero-order valence-corrected chi connectivity index (χ0v) is 10.3. The van der Waals surface area contributed by atoms with E-state index in [1.165, 1.54) is 5.56 Å². The molecule has 0 amide bonds. The second-order valence-corrected chi connectivity index (χ2v) is 5.64. The highest BCUT2D eigenvalue weighted by molar-refractivity contribution is 7.14. The van der Waals surface area contributed by atoms with Gasteiger partial charge in [0, 0.05) is 36.0 Å². The molecule has 2 aromatic heterocycles. The van der Waals surface area contributed by atoms with Crippen LogP contribution in [-0.2, 0) is 6.54 Å². The second-order valence-electron chi connectivity index (χ2n) is 4.00. The Morgan fingerprint density at radius 3 is 3.00 bits per heavy atom. The number of hydrogen-bond donors (Lipinski definition) is 1. The van der Waals surface area contributed by atoms with Gasteiger partial charge in [0.1, 0.15) is 5.01 Å². The number of likely N-dealkylation sites (tertiary alicyclic amines) is 1. The lowest BCUT2D eigenvalue weighted by atomic mass is 10.1. The zero-order chi connectivity index (χ0) is 11.0. The molecule has 1 aliphatic heterocycles. The van der Waals surface area contributed by atoms with Crippen molar-refractivity contribution >= 4 is 22.7 Å². The molecule has 0 spiro atoms. The summed E-state index contributed by atoms with van der Waals surface area (Å²) in [6.45, 7) is 2.42. The molecule has 84 valence electrons. The molecule has 3 nitrogen and oxygen atoms in total. The molecule has 0 radical (unpaired) electrons. The van der Waals surface area contributed by atoms with Crippen molar-refractivity contribution in [2.45, 2.75) is 12.6 Å². The summed E-state index contributed by atoms with van der Waals surface area (Å²) in [6, 6.07) is 2.10. The molecule has 0 aliphatic carbocycles. The molecule has 16 heavy (non-hydrogen) atoms. The minimum atomic E-state index is -0.130. The van der Waals surface area contributed by atoms with E-state index in [9.17, 15) is 5.11 Å². The highest BCUT2D eigenvalue weighted by Gasteiger charge is 2.24. The fourth-order valence-electron chi connectivity index (χ4n) is 1.80. The summed E-state index contributed by atoms with van der Waals surface area (Å²) in [5, 5.41) is 16.6. The number of aliphatic hydroxyl groups is 1. The van der Waals surface area contributed by atoms with Crippen molar-refractivity contribution in [3.8, 4) is 10.6 Å². The van der Waals surface area contributed by atoms with E-state index < -0.39 is 0 Å². The zero-order valence-electron chi connectivity index (χ0n) is 8.67. The lowest BCUT2D eigenvalue weighted by molar-refractivity contribution is -0.00342. The van der Waals surface area contributed by atoms with Gasteiger partial charge in [-0.3, -0.25) is 4.90 Å². The summed E-state index contributed by atoms with van der Waals surface area (Å²) in [4.78, 5) is 6.81. The minimum absolute atomic E-state index is 0.130. The lowest BCUT2D eigenvalue weighted by Crippen LogP contribution is -2.49. The van der Waals surface area contributed by atoms with Crippen molar-refractivity contribution in [2.75, 3.05) is 13.1 Å². The van der Waals surface area contributed by atoms with Gasteiger partial charge in [-0.05, 0) is 11.4 Å². The van der Waals surface area contributed by atoms with Crippen LogP contribution in [0.1, 0.15) is 5.69 Å². The van der Waals surface area contributed by atoms with E-state index in [1.54, 1.807) is 22.7 Å². The molecular formula is C11H12N2OS2. The summed E-state index contributed by atoms with van der Waals surface area (Å²) in [5.41, 5.74) is 2.32. The first kappa shape index (κ1) is 10.4. The molecule has 5 heteroatoms. The number of β-amino-alcohol motifs (C(OH)–C–C–N with tert-alkyl or cyclic N) is 1. The average Bonchev–Trinajstić information content (AvgIpc) is 2.84. The van der Waals surface area contributed by atoms with Gasteiger partial charge in [-0.15, -0.1) is 11.3 Å². The minimum Gasteiger partial charge on any atom is -0.390 e. The van der Waals surface area contributed by atoms with Crippen LogP contribution >= 0.6 is 22.7 Å². The van der Waals surface area contributed by atoms with E-state index in [0.29, 0.717) is 0 Å². The van der Waals surface area contributed by atoms with E-state index in [2.05, 4.69) is 32.1 Å². The highest BCUT2D eigenvalue weighted by atomic mass is 32.1. The van der Waals surface area contributed by atoms with E-state index in [4.69, 9.17) is 0 Å². The predicted octanol–water partition coefficient (Wildman–Crippen LogP) is 2.05. The van der Waals surface area contributed by atoms with Gasteiger partial charge in [0.2, 0.25) is 0 Å². The summed E-state index contributed by atoms with van der Waals surface area (Å²) < 4.78 is 0. The topological polar surface area (TPSA) is 36.4 Å².